The molecule has 0 heterocycles. The number of hydrogen-bond donors (Lipinski definition) is 2. The highest BCUT2D eigenvalue weighted by Crippen LogP contribution is 1.88. The second-order valence-electron chi connectivity index (χ2n) is 2.74. The zero-order valence-corrected chi connectivity index (χ0v) is 8.49. The third kappa shape index (κ3) is 6.19. The number of likely N-dealkylation sites (N-methyl/N-ethyl adjacent to an activating group) is 2. The first kappa shape index (κ1) is 12.6. The highest BCUT2D eigenvalue weighted by molar-refractivity contribution is 5.79. The second-order valence-corrected chi connectivity index (χ2v) is 2.74. The van der Waals surface area contributed by atoms with E-state index in [2.05, 4.69) is 5.32 Å². The summed E-state index contributed by atoms with van der Waals surface area (Å²) in [6.07, 6.45) is 2.60. The van der Waals surface area contributed by atoms with Crippen LogP contribution in [0.4, 0.5) is 0 Å². The van der Waals surface area contributed by atoms with Gasteiger partial charge in [0.2, 0.25) is 5.91 Å². The Bertz CT molecular complexity index is 226. The molecule has 0 bridgehead atoms. The Labute approximate surface area is 83.4 Å². The van der Waals surface area contributed by atoms with Crippen LogP contribution < -0.4 is 5.32 Å². The molecule has 5 heteroatoms. The fourth-order valence-electron chi connectivity index (χ4n) is 0.890. The van der Waals surface area contributed by atoms with Gasteiger partial charge in [-0.15, -0.1) is 0 Å². The number of carbonyl (C=O) groups is 2. The summed E-state index contributed by atoms with van der Waals surface area (Å²) in [6.45, 7) is 3.38. The lowest BCUT2D eigenvalue weighted by Crippen LogP contribution is -2.35. The summed E-state index contributed by atoms with van der Waals surface area (Å²) in [5.74, 6) is -1.04. The van der Waals surface area contributed by atoms with E-state index in [0.29, 0.717) is 13.1 Å². The fourth-order valence-corrected chi connectivity index (χ4v) is 0.890. The van der Waals surface area contributed by atoms with Crippen molar-refractivity contribution in [3.05, 3.63) is 12.2 Å². The Kier molecular flexibility index (Phi) is 6.39. The number of amides is 1. The molecule has 0 fully saturated rings. The summed E-state index contributed by atoms with van der Waals surface area (Å²) >= 11 is 0. The molecule has 0 aromatic carbocycles. The van der Waals surface area contributed by atoms with Crippen LogP contribution in [-0.4, -0.2) is 48.6 Å². The summed E-state index contributed by atoms with van der Waals surface area (Å²) in [5.41, 5.74) is 0. The molecule has 0 aliphatic carbocycles. The smallest absolute Gasteiger partial charge is 0.328 e. The molecule has 0 rings (SSSR count). The molecule has 0 aromatic heterocycles. The molecule has 0 unspecified atom stereocenters. The summed E-state index contributed by atoms with van der Waals surface area (Å²) in [4.78, 5) is 23.0. The zero-order valence-electron chi connectivity index (χ0n) is 8.49. The van der Waals surface area contributed by atoms with Crippen LogP contribution in [0.3, 0.4) is 0 Å². The molecule has 5 nitrogen and oxygen atoms in total. The number of hydrogen-bond acceptors (Lipinski definition) is 3. The van der Waals surface area contributed by atoms with Crippen LogP contribution in [0.5, 0.6) is 0 Å². The van der Waals surface area contributed by atoms with Gasteiger partial charge >= 0.3 is 5.97 Å². The van der Waals surface area contributed by atoms with Crippen LogP contribution in [0.2, 0.25) is 0 Å². The third-order valence-corrected chi connectivity index (χ3v) is 1.72. The molecule has 14 heavy (non-hydrogen) atoms. The zero-order chi connectivity index (χ0) is 11.0. The lowest BCUT2D eigenvalue weighted by molar-refractivity contribution is -0.131. The number of nitrogens with one attached hydrogen (secondary N) is 1. The van der Waals surface area contributed by atoms with Gasteiger partial charge in [-0.3, -0.25) is 9.69 Å². The number of carbonyl (C=O) groups excluding carboxylic acids is 1. The van der Waals surface area contributed by atoms with Gasteiger partial charge in [0, 0.05) is 19.7 Å². The molecule has 0 aliphatic rings. The number of aliphatic carboxylic acids is 1. The van der Waals surface area contributed by atoms with Crippen LogP contribution in [-0.2, 0) is 9.59 Å². The van der Waals surface area contributed by atoms with Crippen molar-refractivity contribution in [2.45, 2.75) is 6.92 Å². The van der Waals surface area contributed by atoms with Crippen molar-refractivity contribution in [2.24, 2.45) is 0 Å². The van der Waals surface area contributed by atoms with Gasteiger partial charge in [-0.25, -0.2) is 4.79 Å². The quantitative estimate of drug-likeness (QED) is 0.577. The van der Waals surface area contributed by atoms with Crippen molar-refractivity contribution in [3.63, 3.8) is 0 Å². The van der Waals surface area contributed by atoms with Crippen LogP contribution in [0, 0.1) is 0 Å². The maximum absolute atomic E-state index is 11.0. The van der Waals surface area contributed by atoms with E-state index in [0.717, 1.165) is 6.08 Å². The van der Waals surface area contributed by atoms with Crippen molar-refractivity contribution in [1.82, 2.24) is 10.2 Å². The standard InChI is InChI=1S/C9H16N2O3/c1-3-11(7-8(12)10-2)6-4-5-9(13)14/h4-5H,3,6-7H2,1-2H3,(H,10,12)(H,13,14). The van der Waals surface area contributed by atoms with E-state index >= 15 is 0 Å². The molecule has 0 atom stereocenters. The molecular weight excluding hydrogens is 184 g/mol. The fraction of sp³-hybridized carbons (Fsp3) is 0.556. The molecule has 0 aromatic rings. The van der Waals surface area contributed by atoms with Crippen LogP contribution >= 0.6 is 0 Å². The largest absolute Gasteiger partial charge is 0.478 e. The van der Waals surface area contributed by atoms with Crippen LogP contribution in [0.1, 0.15) is 6.92 Å². The highest BCUT2D eigenvalue weighted by atomic mass is 16.4. The van der Waals surface area contributed by atoms with E-state index in [-0.39, 0.29) is 12.5 Å². The first-order chi connectivity index (χ1) is 6.60. The second kappa shape index (κ2) is 7.08. The van der Waals surface area contributed by atoms with E-state index in [1.54, 1.807) is 7.05 Å². The van der Waals surface area contributed by atoms with Gasteiger partial charge in [-0.05, 0) is 6.54 Å². The van der Waals surface area contributed by atoms with Gasteiger partial charge in [0.05, 0.1) is 6.54 Å². The Balaban J connectivity index is 3.91. The molecule has 1 amide bonds. The Morgan fingerprint density at radius 3 is 2.57 bits per heavy atom. The predicted molar refractivity (Wildman–Crippen MR) is 53.0 cm³/mol. The van der Waals surface area contributed by atoms with Crippen molar-refractivity contribution in [1.29, 1.82) is 0 Å². The average molecular weight is 200 g/mol. The highest BCUT2D eigenvalue weighted by Gasteiger charge is 2.04. The summed E-state index contributed by atoms with van der Waals surface area (Å²) in [6, 6.07) is 0. The monoisotopic (exact) mass is 200 g/mol. The van der Waals surface area contributed by atoms with Crippen LogP contribution in [0.25, 0.3) is 0 Å². The molecule has 0 saturated heterocycles. The van der Waals surface area contributed by atoms with E-state index in [1.807, 2.05) is 11.8 Å². The Hall–Kier alpha value is -1.36. The van der Waals surface area contributed by atoms with Crippen molar-refractivity contribution in [2.75, 3.05) is 26.7 Å². The topological polar surface area (TPSA) is 69.6 Å². The molecule has 0 aliphatic heterocycles. The Morgan fingerprint density at radius 1 is 1.50 bits per heavy atom. The van der Waals surface area contributed by atoms with Crippen molar-refractivity contribution < 1.29 is 14.7 Å². The molecule has 0 radical (unpaired) electrons. The van der Waals surface area contributed by atoms with Crippen molar-refractivity contribution >= 4 is 11.9 Å². The maximum atomic E-state index is 11.0. The predicted octanol–water partition coefficient (Wildman–Crippen LogP) is -0.305. The van der Waals surface area contributed by atoms with E-state index < -0.39 is 5.97 Å². The first-order valence-electron chi connectivity index (χ1n) is 4.42. The van der Waals surface area contributed by atoms with Gasteiger partial charge in [0.15, 0.2) is 0 Å². The third-order valence-electron chi connectivity index (χ3n) is 1.72. The first-order valence-corrected chi connectivity index (χ1v) is 4.42. The van der Waals surface area contributed by atoms with Gasteiger partial charge < -0.3 is 10.4 Å². The minimum absolute atomic E-state index is 0.0735. The number of nitrogens with zero attached hydrogens (tertiary/aromatic N) is 1. The molecule has 2 N–H and O–H groups in total. The minimum atomic E-state index is -0.971. The summed E-state index contributed by atoms with van der Waals surface area (Å²) < 4.78 is 0. The minimum Gasteiger partial charge on any atom is -0.478 e. The average Bonchev–Trinajstić information content (AvgIpc) is 2.15. The van der Waals surface area contributed by atoms with E-state index in [1.165, 1.54) is 6.08 Å². The summed E-state index contributed by atoms with van der Waals surface area (Å²) in [7, 11) is 1.57. The van der Waals surface area contributed by atoms with Gasteiger partial charge in [-0.2, -0.15) is 0 Å². The van der Waals surface area contributed by atoms with E-state index in [4.69, 9.17) is 5.11 Å². The maximum Gasteiger partial charge on any atom is 0.328 e. The van der Waals surface area contributed by atoms with Gasteiger partial charge in [0.1, 0.15) is 0 Å². The SMILES string of the molecule is CCN(CC=CC(=O)O)CC(=O)NC. The normalized spacial score (nSPS) is 10.8. The Morgan fingerprint density at radius 2 is 2.14 bits per heavy atom. The molecule has 80 valence electrons. The van der Waals surface area contributed by atoms with E-state index in [9.17, 15) is 9.59 Å². The van der Waals surface area contributed by atoms with Gasteiger partial charge in [0.25, 0.3) is 0 Å². The van der Waals surface area contributed by atoms with Gasteiger partial charge in [-0.1, -0.05) is 13.0 Å². The molecule has 0 saturated carbocycles. The lowest BCUT2D eigenvalue weighted by atomic mass is 10.4. The number of rotatable bonds is 6. The van der Waals surface area contributed by atoms with Crippen molar-refractivity contribution in [3.8, 4) is 0 Å². The molecular formula is C9H16N2O3. The molecule has 0 spiro atoms. The van der Waals surface area contributed by atoms with Crippen LogP contribution in [0.15, 0.2) is 12.2 Å². The summed E-state index contributed by atoms with van der Waals surface area (Å²) in [5, 5.41) is 10.9. The number of carboxylic acid groups (broad SMARTS) is 1. The number of carboxylic acids is 1. The lowest BCUT2D eigenvalue weighted by Gasteiger charge is -2.16.